The number of ether oxygens (including phenoxy) is 1. The zero-order valence-corrected chi connectivity index (χ0v) is 15.7. The average molecular weight is 373 g/mol. The Balaban J connectivity index is 1.65. The van der Waals surface area contributed by atoms with Crippen molar-refractivity contribution in [1.82, 2.24) is 4.98 Å². The molecule has 4 rings (SSSR count). The monoisotopic (exact) mass is 373 g/mol. The van der Waals surface area contributed by atoms with E-state index >= 15 is 0 Å². The number of rotatable bonds is 6. The van der Waals surface area contributed by atoms with Gasteiger partial charge in [0.15, 0.2) is 0 Å². The Morgan fingerprint density at radius 2 is 1.71 bits per heavy atom. The number of morpholine rings is 1. The van der Waals surface area contributed by atoms with E-state index in [1.54, 1.807) is 0 Å². The molecule has 2 aromatic carbocycles. The highest BCUT2D eigenvalue weighted by Crippen LogP contribution is 2.28. The summed E-state index contributed by atoms with van der Waals surface area (Å²) in [5.74, 6) is 0.949. The number of anilines is 3. The van der Waals surface area contributed by atoms with E-state index in [0.29, 0.717) is 6.42 Å². The van der Waals surface area contributed by atoms with Crippen molar-refractivity contribution in [1.29, 1.82) is 0 Å². The predicted molar refractivity (Wildman–Crippen MR) is 112 cm³/mol. The highest BCUT2D eigenvalue weighted by molar-refractivity contribution is 5.72. The lowest BCUT2D eigenvalue weighted by molar-refractivity contribution is -0.107. The van der Waals surface area contributed by atoms with Gasteiger partial charge < -0.3 is 19.7 Å². The molecule has 2 heterocycles. The molecule has 142 valence electrons. The Hall–Kier alpha value is -3.18. The van der Waals surface area contributed by atoms with Gasteiger partial charge in [-0.25, -0.2) is 4.98 Å². The average Bonchev–Trinajstić information content (AvgIpc) is 2.76. The van der Waals surface area contributed by atoms with Crippen LogP contribution in [0.2, 0.25) is 0 Å². The number of aromatic nitrogens is 1. The minimum atomic E-state index is 0.439. The molecule has 1 N–H and O–H groups in total. The van der Waals surface area contributed by atoms with E-state index in [9.17, 15) is 4.79 Å². The van der Waals surface area contributed by atoms with E-state index in [1.165, 1.54) is 0 Å². The van der Waals surface area contributed by atoms with Crippen molar-refractivity contribution in [3.8, 4) is 11.3 Å². The van der Waals surface area contributed by atoms with Gasteiger partial charge in [-0.15, -0.1) is 0 Å². The Labute approximate surface area is 165 Å². The lowest BCUT2D eigenvalue weighted by Gasteiger charge is -2.28. The second kappa shape index (κ2) is 8.67. The van der Waals surface area contributed by atoms with Gasteiger partial charge in [-0.2, -0.15) is 0 Å². The molecular weight excluding hydrogens is 350 g/mol. The molecule has 0 bridgehead atoms. The number of aldehydes is 1. The molecule has 0 amide bonds. The lowest BCUT2D eigenvalue weighted by atomic mass is 10.1. The molecule has 1 fully saturated rings. The van der Waals surface area contributed by atoms with Crippen molar-refractivity contribution < 1.29 is 9.53 Å². The van der Waals surface area contributed by atoms with Crippen LogP contribution in [0.25, 0.3) is 11.3 Å². The Kier molecular flexibility index (Phi) is 5.64. The maximum Gasteiger partial charge on any atom is 0.131 e. The summed E-state index contributed by atoms with van der Waals surface area (Å²) in [5, 5.41) is 3.48. The van der Waals surface area contributed by atoms with Crippen LogP contribution in [0.3, 0.4) is 0 Å². The number of hydrogen-bond donors (Lipinski definition) is 1. The molecule has 3 aromatic rings. The molecule has 1 aromatic heterocycles. The van der Waals surface area contributed by atoms with Crippen LogP contribution in [-0.2, 0) is 16.0 Å². The molecule has 0 radical (unpaired) electrons. The van der Waals surface area contributed by atoms with Crippen molar-refractivity contribution in [3.63, 3.8) is 0 Å². The second-order valence-corrected chi connectivity index (χ2v) is 6.76. The van der Waals surface area contributed by atoms with E-state index in [1.807, 2.05) is 42.5 Å². The first-order valence-corrected chi connectivity index (χ1v) is 9.51. The maximum atomic E-state index is 10.7. The molecule has 0 spiro atoms. The van der Waals surface area contributed by atoms with E-state index < -0.39 is 0 Å². The van der Waals surface area contributed by atoms with E-state index in [-0.39, 0.29) is 0 Å². The minimum Gasteiger partial charge on any atom is -0.378 e. The van der Waals surface area contributed by atoms with Gasteiger partial charge in [0, 0.05) is 42.5 Å². The SMILES string of the molecule is O=CCc1ccc(Nc2cc(-c3ccccc3)nc(N3CCOCC3)c2)cc1. The van der Waals surface area contributed by atoms with Crippen molar-refractivity contribution in [2.75, 3.05) is 36.5 Å². The molecule has 5 nitrogen and oxygen atoms in total. The number of benzene rings is 2. The van der Waals surface area contributed by atoms with E-state index in [2.05, 4.69) is 34.5 Å². The Morgan fingerprint density at radius 3 is 2.43 bits per heavy atom. The molecule has 5 heteroatoms. The molecule has 28 heavy (non-hydrogen) atoms. The number of carbonyl (C=O) groups is 1. The molecule has 1 aliphatic rings. The third-order valence-corrected chi connectivity index (χ3v) is 4.78. The fourth-order valence-corrected chi connectivity index (χ4v) is 3.29. The number of nitrogens with zero attached hydrogens (tertiary/aromatic N) is 2. The van der Waals surface area contributed by atoms with Gasteiger partial charge in [0.2, 0.25) is 0 Å². The van der Waals surface area contributed by atoms with Gasteiger partial charge in [-0.05, 0) is 23.8 Å². The van der Waals surface area contributed by atoms with E-state index in [4.69, 9.17) is 9.72 Å². The molecule has 0 saturated carbocycles. The van der Waals surface area contributed by atoms with Crippen LogP contribution in [0.1, 0.15) is 5.56 Å². The van der Waals surface area contributed by atoms with Gasteiger partial charge in [0.1, 0.15) is 12.1 Å². The van der Waals surface area contributed by atoms with Crippen molar-refractivity contribution in [2.24, 2.45) is 0 Å². The van der Waals surface area contributed by atoms with Crippen LogP contribution >= 0.6 is 0 Å². The van der Waals surface area contributed by atoms with E-state index in [0.717, 1.165) is 66.6 Å². The first-order valence-electron chi connectivity index (χ1n) is 9.51. The summed E-state index contributed by atoms with van der Waals surface area (Å²) in [6, 6.07) is 22.3. The predicted octanol–water partition coefficient (Wildman–Crippen LogP) is 4.07. The van der Waals surface area contributed by atoms with Gasteiger partial charge in [0.05, 0.1) is 18.9 Å². The first-order chi connectivity index (χ1) is 13.8. The summed E-state index contributed by atoms with van der Waals surface area (Å²) in [5.41, 5.74) is 4.99. The lowest BCUT2D eigenvalue weighted by Crippen LogP contribution is -2.36. The normalized spacial score (nSPS) is 13.9. The van der Waals surface area contributed by atoms with Gasteiger partial charge in [-0.3, -0.25) is 0 Å². The zero-order chi connectivity index (χ0) is 19.2. The topological polar surface area (TPSA) is 54.5 Å². The summed E-state index contributed by atoms with van der Waals surface area (Å²) in [7, 11) is 0. The highest BCUT2D eigenvalue weighted by Gasteiger charge is 2.15. The summed E-state index contributed by atoms with van der Waals surface area (Å²) in [6.07, 6.45) is 1.36. The van der Waals surface area contributed by atoms with Crippen molar-refractivity contribution in [3.05, 3.63) is 72.3 Å². The quantitative estimate of drug-likeness (QED) is 0.660. The van der Waals surface area contributed by atoms with Crippen LogP contribution in [0.4, 0.5) is 17.2 Å². The summed E-state index contributed by atoms with van der Waals surface area (Å²) in [6.45, 7) is 3.12. The molecule has 1 saturated heterocycles. The third kappa shape index (κ3) is 4.38. The third-order valence-electron chi connectivity index (χ3n) is 4.78. The van der Waals surface area contributed by atoms with Crippen LogP contribution < -0.4 is 10.2 Å². The number of nitrogens with one attached hydrogen (secondary N) is 1. The summed E-state index contributed by atoms with van der Waals surface area (Å²) in [4.78, 5) is 17.8. The fourth-order valence-electron chi connectivity index (χ4n) is 3.29. The second-order valence-electron chi connectivity index (χ2n) is 6.76. The highest BCUT2D eigenvalue weighted by atomic mass is 16.5. The number of carbonyl (C=O) groups excluding carboxylic acids is 1. The summed E-state index contributed by atoms with van der Waals surface area (Å²) < 4.78 is 5.48. The molecule has 0 aliphatic carbocycles. The van der Waals surface area contributed by atoms with Crippen LogP contribution in [0.5, 0.6) is 0 Å². The fraction of sp³-hybridized carbons (Fsp3) is 0.217. The molecule has 0 atom stereocenters. The maximum absolute atomic E-state index is 10.7. The number of hydrogen-bond acceptors (Lipinski definition) is 5. The largest absolute Gasteiger partial charge is 0.378 e. The van der Waals surface area contributed by atoms with Crippen molar-refractivity contribution >= 4 is 23.5 Å². The molecule has 0 unspecified atom stereocenters. The van der Waals surface area contributed by atoms with Gasteiger partial charge >= 0.3 is 0 Å². The zero-order valence-electron chi connectivity index (χ0n) is 15.7. The Morgan fingerprint density at radius 1 is 0.964 bits per heavy atom. The first kappa shape index (κ1) is 18.2. The van der Waals surface area contributed by atoms with Crippen molar-refractivity contribution in [2.45, 2.75) is 6.42 Å². The van der Waals surface area contributed by atoms with Crippen LogP contribution in [-0.4, -0.2) is 37.6 Å². The van der Waals surface area contributed by atoms with Crippen LogP contribution in [0.15, 0.2) is 66.7 Å². The minimum absolute atomic E-state index is 0.439. The smallest absolute Gasteiger partial charge is 0.131 e. The standard InChI is InChI=1S/C23H23N3O2/c27-13-10-18-6-8-20(9-7-18)24-21-16-22(19-4-2-1-3-5-19)25-23(17-21)26-11-14-28-15-12-26/h1-9,13,16-17H,10-12,14-15H2,(H,24,25). The Bertz CT molecular complexity index is 920. The molecule has 1 aliphatic heterocycles. The van der Waals surface area contributed by atoms with Crippen LogP contribution in [0, 0.1) is 0 Å². The summed E-state index contributed by atoms with van der Waals surface area (Å²) >= 11 is 0. The number of pyridine rings is 1. The van der Waals surface area contributed by atoms with Gasteiger partial charge in [0.25, 0.3) is 0 Å². The van der Waals surface area contributed by atoms with Gasteiger partial charge in [-0.1, -0.05) is 42.5 Å². The molecular formula is C23H23N3O2.